The van der Waals surface area contributed by atoms with Gasteiger partial charge in [0.25, 0.3) is 0 Å². The lowest BCUT2D eigenvalue weighted by atomic mass is 9.86. The number of nitrogens with two attached hydrogens (primary N) is 1. The highest BCUT2D eigenvalue weighted by atomic mass is 16.3. The first kappa shape index (κ1) is 13.5. The molecule has 0 saturated heterocycles. The van der Waals surface area contributed by atoms with Gasteiger partial charge in [0.15, 0.2) is 0 Å². The van der Waals surface area contributed by atoms with Crippen LogP contribution in [0.3, 0.4) is 0 Å². The summed E-state index contributed by atoms with van der Waals surface area (Å²) in [5.74, 6) is -0.154. The fourth-order valence-corrected chi connectivity index (χ4v) is 1.95. The van der Waals surface area contributed by atoms with Gasteiger partial charge in [0.1, 0.15) is 0 Å². The molecule has 0 aromatic rings. The van der Waals surface area contributed by atoms with E-state index in [4.69, 9.17) is 5.73 Å². The molecule has 94 valence electrons. The molecule has 4 heteroatoms. The fraction of sp³-hybridized carbons (Fsp3) is 0.917. The fourth-order valence-electron chi connectivity index (χ4n) is 1.95. The number of aliphatic hydroxyl groups is 1. The van der Waals surface area contributed by atoms with E-state index in [1.165, 1.54) is 0 Å². The predicted octanol–water partition coefficient (Wildman–Crippen LogP) is 0.779. The lowest BCUT2D eigenvalue weighted by molar-refractivity contribution is -0.126. The van der Waals surface area contributed by atoms with Crippen LogP contribution < -0.4 is 11.1 Å². The maximum Gasteiger partial charge on any atom is 0.237 e. The third kappa shape index (κ3) is 3.46. The van der Waals surface area contributed by atoms with Gasteiger partial charge < -0.3 is 16.2 Å². The Morgan fingerprint density at radius 1 is 1.38 bits per heavy atom. The number of carbonyl (C=O) groups is 1. The topological polar surface area (TPSA) is 75.4 Å². The molecule has 4 N–H and O–H groups in total. The number of amides is 1. The quantitative estimate of drug-likeness (QED) is 0.654. The highest BCUT2D eigenvalue weighted by Crippen LogP contribution is 2.21. The van der Waals surface area contributed by atoms with Crippen LogP contribution in [-0.2, 0) is 4.79 Å². The van der Waals surface area contributed by atoms with Crippen LogP contribution >= 0.6 is 0 Å². The summed E-state index contributed by atoms with van der Waals surface area (Å²) in [5, 5.41) is 12.6. The van der Waals surface area contributed by atoms with E-state index in [1.807, 2.05) is 20.8 Å². The number of rotatable bonds is 2. The largest absolute Gasteiger partial charge is 0.391 e. The summed E-state index contributed by atoms with van der Waals surface area (Å²) in [7, 11) is 0. The Bertz CT molecular complexity index is 248. The molecule has 0 aromatic carbocycles. The highest BCUT2D eigenvalue weighted by molar-refractivity contribution is 5.82. The summed E-state index contributed by atoms with van der Waals surface area (Å²) >= 11 is 0. The number of hydrogen-bond acceptors (Lipinski definition) is 3. The van der Waals surface area contributed by atoms with Gasteiger partial charge in [-0.1, -0.05) is 33.6 Å². The van der Waals surface area contributed by atoms with Crippen molar-refractivity contribution in [2.24, 2.45) is 11.1 Å². The van der Waals surface area contributed by atoms with E-state index in [2.05, 4.69) is 5.32 Å². The van der Waals surface area contributed by atoms with Crippen LogP contribution in [0.25, 0.3) is 0 Å². The molecule has 1 aliphatic rings. The molecule has 0 aromatic heterocycles. The minimum Gasteiger partial charge on any atom is -0.391 e. The van der Waals surface area contributed by atoms with Crippen LogP contribution in [-0.4, -0.2) is 29.2 Å². The number of aliphatic hydroxyl groups excluding tert-OH is 1. The molecule has 0 spiro atoms. The smallest absolute Gasteiger partial charge is 0.237 e. The molecule has 1 amide bonds. The minimum atomic E-state index is -0.526. The number of nitrogens with one attached hydrogen (secondary N) is 1. The van der Waals surface area contributed by atoms with Crippen molar-refractivity contribution < 1.29 is 9.90 Å². The van der Waals surface area contributed by atoms with E-state index in [9.17, 15) is 9.90 Å². The van der Waals surface area contributed by atoms with E-state index in [0.717, 1.165) is 25.7 Å². The van der Waals surface area contributed by atoms with Gasteiger partial charge in [-0.2, -0.15) is 0 Å². The molecule has 1 rings (SSSR count). The monoisotopic (exact) mass is 228 g/mol. The summed E-state index contributed by atoms with van der Waals surface area (Å²) in [6, 6.07) is -0.642. The van der Waals surface area contributed by atoms with Gasteiger partial charge in [0, 0.05) is 0 Å². The SMILES string of the molecule is CC(C)(C)C(N)C(=O)N[C@@H]1CCCC[C@H]1O. The van der Waals surface area contributed by atoms with Crippen molar-refractivity contribution in [2.45, 2.75) is 64.6 Å². The second-order valence-electron chi connectivity index (χ2n) is 5.81. The first-order chi connectivity index (χ1) is 7.32. The van der Waals surface area contributed by atoms with Gasteiger partial charge >= 0.3 is 0 Å². The zero-order valence-corrected chi connectivity index (χ0v) is 10.5. The molecule has 0 bridgehead atoms. The Labute approximate surface area is 97.6 Å². The molecule has 3 atom stereocenters. The van der Waals surface area contributed by atoms with Crippen molar-refractivity contribution in [3.8, 4) is 0 Å². The van der Waals surface area contributed by atoms with E-state index in [0.29, 0.717) is 0 Å². The first-order valence-corrected chi connectivity index (χ1v) is 6.06. The molecule has 0 heterocycles. The van der Waals surface area contributed by atoms with Crippen molar-refractivity contribution >= 4 is 5.91 Å². The molecule has 0 radical (unpaired) electrons. The summed E-state index contributed by atoms with van der Waals surface area (Å²) in [5.41, 5.74) is 5.62. The maximum absolute atomic E-state index is 11.9. The van der Waals surface area contributed by atoms with Crippen LogP contribution in [0.1, 0.15) is 46.5 Å². The number of carbonyl (C=O) groups excluding carboxylic acids is 1. The number of hydrogen-bond donors (Lipinski definition) is 3. The van der Waals surface area contributed by atoms with Gasteiger partial charge in [-0.15, -0.1) is 0 Å². The van der Waals surface area contributed by atoms with Crippen LogP contribution in [0, 0.1) is 5.41 Å². The van der Waals surface area contributed by atoms with Crippen molar-refractivity contribution in [1.82, 2.24) is 5.32 Å². The van der Waals surface area contributed by atoms with Crippen LogP contribution in [0.5, 0.6) is 0 Å². The molecule has 1 aliphatic carbocycles. The lowest BCUT2D eigenvalue weighted by Gasteiger charge is -2.32. The Hall–Kier alpha value is -0.610. The summed E-state index contributed by atoms with van der Waals surface area (Å²) in [6.45, 7) is 5.82. The summed E-state index contributed by atoms with van der Waals surface area (Å²) < 4.78 is 0. The van der Waals surface area contributed by atoms with E-state index < -0.39 is 12.1 Å². The molecular weight excluding hydrogens is 204 g/mol. The third-order valence-corrected chi connectivity index (χ3v) is 3.27. The molecule has 1 saturated carbocycles. The average molecular weight is 228 g/mol. The average Bonchev–Trinajstić information content (AvgIpc) is 2.19. The molecule has 1 fully saturated rings. The lowest BCUT2D eigenvalue weighted by Crippen LogP contribution is -2.54. The van der Waals surface area contributed by atoms with Crippen molar-refractivity contribution in [1.29, 1.82) is 0 Å². The van der Waals surface area contributed by atoms with Crippen molar-refractivity contribution in [3.05, 3.63) is 0 Å². The van der Waals surface area contributed by atoms with E-state index in [1.54, 1.807) is 0 Å². The van der Waals surface area contributed by atoms with Crippen molar-refractivity contribution in [2.75, 3.05) is 0 Å². The first-order valence-electron chi connectivity index (χ1n) is 6.06. The van der Waals surface area contributed by atoms with Crippen LogP contribution in [0.15, 0.2) is 0 Å². The van der Waals surface area contributed by atoms with E-state index in [-0.39, 0.29) is 17.4 Å². The van der Waals surface area contributed by atoms with Gasteiger partial charge in [-0.25, -0.2) is 0 Å². The standard InChI is InChI=1S/C12H24N2O2/c1-12(2,3)10(13)11(16)14-8-6-4-5-7-9(8)15/h8-10,15H,4-7,13H2,1-3H3,(H,14,16)/t8-,9-,10?/m1/s1. The Balaban J connectivity index is 2.50. The van der Waals surface area contributed by atoms with E-state index >= 15 is 0 Å². The van der Waals surface area contributed by atoms with Crippen molar-refractivity contribution in [3.63, 3.8) is 0 Å². The Morgan fingerprint density at radius 3 is 2.44 bits per heavy atom. The molecule has 16 heavy (non-hydrogen) atoms. The van der Waals surface area contributed by atoms with Gasteiger partial charge in [-0.3, -0.25) is 4.79 Å². The van der Waals surface area contributed by atoms with Crippen LogP contribution in [0.2, 0.25) is 0 Å². The summed E-state index contributed by atoms with van der Waals surface area (Å²) in [6.07, 6.45) is 3.32. The third-order valence-electron chi connectivity index (χ3n) is 3.27. The van der Waals surface area contributed by atoms with Gasteiger partial charge in [0.2, 0.25) is 5.91 Å². The molecule has 4 nitrogen and oxygen atoms in total. The van der Waals surface area contributed by atoms with Crippen LogP contribution in [0.4, 0.5) is 0 Å². The second-order valence-corrected chi connectivity index (χ2v) is 5.81. The van der Waals surface area contributed by atoms with Gasteiger partial charge in [-0.05, 0) is 18.3 Å². The molecule has 1 unspecified atom stereocenters. The predicted molar refractivity (Wildman–Crippen MR) is 63.8 cm³/mol. The molecular formula is C12H24N2O2. The minimum absolute atomic E-state index is 0.116. The Morgan fingerprint density at radius 2 is 1.94 bits per heavy atom. The molecule has 0 aliphatic heterocycles. The summed E-state index contributed by atoms with van der Waals surface area (Å²) in [4.78, 5) is 11.9. The Kier molecular flexibility index (Phi) is 4.33. The maximum atomic E-state index is 11.9. The van der Waals surface area contributed by atoms with Gasteiger partial charge in [0.05, 0.1) is 18.2 Å². The zero-order chi connectivity index (χ0) is 12.3. The second kappa shape index (κ2) is 5.15. The highest BCUT2D eigenvalue weighted by Gasteiger charge is 2.31. The normalized spacial score (nSPS) is 28.6. The zero-order valence-electron chi connectivity index (χ0n) is 10.5.